The Morgan fingerprint density at radius 3 is 2.44 bits per heavy atom. The Labute approximate surface area is 156 Å². The van der Waals surface area contributed by atoms with Crippen LogP contribution in [0.1, 0.15) is 34.7 Å². The van der Waals surface area contributed by atoms with Crippen molar-refractivity contribution in [2.45, 2.75) is 23.7 Å². The highest BCUT2D eigenvalue weighted by atomic mass is 32.2. The molecule has 0 aromatic heterocycles. The average molecular weight is 383 g/mol. The average Bonchev–Trinajstić information content (AvgIpc) is 3.44. The van der Waals surface area contributed by atoms with Gasteiger partial charge in [-0.15, -0.1) is 0 Å². The number of carbonyl (C=O) groups is 1. The number of hydrogen-bond acceptors (Lipinski definition) is 3. The second-order valence-electron chi connectivity index (χ2n) is 6.98. The zero-order chi connectivity index (χ0) is 19.3. The predicted molar refractivity (Wildman–Crippen MR) is 103 cm³/mol. The first-order valence-electron chi connectivity index (χ1n) is 8.63. The third kappa shape index (κ3) is 3.10. The molecule has 2 N–H and O–H groups in total. The van der Waals surface area contributed by atoms with Crippen molar-refractivity contribution in [3.8, 4) is 11.1 Å². The molecule has 4 nitrogen and oxygen atoms in total. The minimum atomic E-state index is -3.62. The van der Waals surface area contributed by atoms with Crippen molar-refractivity contribution in [3.05, 3.63) is 65.5 Å². The standard InChI is InChI=1S/C21H18FNO3S/c1-27(25,26)19-10-9-15-14(12-5-6-12)3-2-4-16(15)20(19)18-11-13(22)7-8-17(18)21(23)24/h2-4,7-12H,5-6H2,1H3,(H2,23,24). The topological polar surface area (TPSA) is 77.2 Å². The third-order valence-electron chi connectivity index (χ3n) is 4.99. The summed E-state index contributed by atoms with van der Waals surface area (Å²) in [6.07, 6.45) is 3.29. The van der Waals surface area contributed by atoms with E-state index in [1.807, 2.05) is 12.1 Å². The fourth-order valence-electron chi connectivity index (χ4n) is 3.64. The highest BCUT2D eigenvalue weighted by molar-refractivity contribution is 7.90. The molecule has 3 aromatic carbocycles. The van der Waals surface area contributed by atoms with Crippen molar-refractivity contribution in [1.29, 1.82) is 0 Å². The van der Waals surface area contributed by atoms with E-state index in [0.29, 0.717) is 16.9 Å². The maximum absolute atomic E-state index is 14.0. The fourth-order valence-corrected chi connectivity index (χ4v) is 4.54. The van der Waals surface area contributed by atoms with Crippen LogP contribution in [-0.2, 0) is 9.84 Å². The van der Waals surface area contributed by atoms with Gasteiger partial charge in [0.2, 0.25) is 5.91 Å². The Bertz CT molecular complexity index is 1200. The largest absolute Gasteiger partial charge is 0.366 e. The molecule has 4 rings (SSSR count). The lowest BCUT2D eigenvalue weighted by molar-refractivity contribution is 0.100. The molecule has 0 aliphatic heterocycles. The number of benzene rings is 3. The summed E-state index contributed by atoms with van der Waals surface area (Å²) in [5.41, 5.74) is 7.24. The maximum atomic E-state index is 14.0. The van der Waals surface area contributed by atoms with E-state index < -0.39 is 21.6 Å². The molecule has 0 spiro atoms. The highest BCUT2D eigenvalue weighted by Crippen LogP contribution is 2.45. The van der Waals surface area contributed by atoms with Gasteiger partial charge in [-0.2, -0.15) is 0 Å². The van der Waals surface area contributed by atoms with Crippen molar-refractivity contribution in [1.82, 2.24) is 0 Å². The van der Waals surface area contributed by atoms with Crippen LogP contribution in [-0.4, -0.2) is 20.6 Å². The number of halogens is 1. The summed E-state index contributed by atoms with van der Waals surface area (Å²) < 4.78 is 39.0. The fraction of sp³-hybridized carbons (Fsp3) is 0.190. The van der Waals surface area contributed by atoms with Gasteiger partial charge in [0.05, 0.1) is 4.90 Å². The van der Waals surface area contributed by atoms with E-state index in [1.54, 1.807) is 12.1 Å². The summed E-state index contributed by atoms with van der Waals surface area (Å²) in [5.74, 6) is -0.849. The number of amides is 1. The Morgan fingerprint density at radius 1 is 1.07 bits per heavy atom. The highest BCUT2D eigenvalue weighted by Gasteiger charge is 2.27. The van der Waals surface area contributed by atoms with E-state index in [0.717, 1.165) is 36.1 Å². The predicted octanol–water partition coefficient (Wildman–Crippen LogP) is 4.03. The molecular formula is C21H18FNO3S. The molecule has 0 saturated heterocycles. The van der Waals surface area contributed by atoms with Gasteiger partial charge in [0.15, 0.2) is 9.84 Å². The molecule has 6 heteroatoms. The van der Waals surface area contributed by atoms with Gasteiger partial charge >= 0.3 is 0 Å². The normalized spacial score (nSPS) is 14.4. The Hall–Kier alpha value is -2.73. The minimum absolute atomic E-state index is 0.0519. The van der Waals surface area contributed by atoms with Crippen LogP contribution in [0.4, 0.5) is 4.39 Å². The first kappa shape index (κ1) is 17.7. The summed E-state index contributed by atoms with van der Waals surface area (Å²) in [6, 6.07) is 12.7. The molecule has 0 radical (unpaired) electrons. The van der Waals surface area contributed by atoms with Gasteiger partial charge in [0.25, 0.3) is 0 Å². The summed E-state index contributed by atoms with van der Waals surface area (Å²) >= 11 is 0. The minimum Gasteiger partial charge on any atom is -0.366 e. The van der Waals surface area contributed by atoms with Crippen LogP contribution in [0.3, 0.4) is 0 Å². The van der Waals surface area contributed by atoms with Gasteiger partial charge in [-0.1, -0.05) is 24.3 Å². The first-order valence-corrected chi connectivity index (χ1v) is 10.5. The van der Waals surface area contributed by atoms with E-state index in [1.165, 1.54) is 18.2 Å². The van der Waals surface area contributed by atoms with E-state index in [9.17, 15) is 17.6 Å². The number of primary amides is 1. The van der Waals surface area contributed by atoms with Crippen LogP contribution < -0.4 is 5.73 Å². The molecule has 3 aromatic rings. The zero-order valence-corrected chi connectivity index (χ0v) is 15.5. The van der Waals surface area contributed by atoms with Gasteiger partial charge < -0.3 is 5.73 Å². The summed E-state index contributed by atoms with van der Waals surface area (Å²) in [7, 11) is -3.62. The van der Waals surface area contributed by atoms with E-state index in [4.69, 9.17) is 5.73 Å². The lowest BCUT2D eigenvalue weighted by Gasteiger charge is -2.16. The molecular weight excluding hydrogens is 365 g/mol. The Morgan fingerprint density at radius 2 is 1.81 bits per heavy atom. The van der Waals surface area contributed by atoms with Crippen molar-refractivity contribution in [2.24, 2.45) is 5.73 Å². The second kappa shape index (κ2) is 6.16. The molecule has 138 valence electrons. The zero-order valence-electron chi connectivity index (χ0n) is 14.7. The molecule has 1 aliphatic carbocycles. The lowest BCUT2D eigenvalue weighted by Crippen LogP contribution is -2.13. The van der Waals surface area contributed by atoms with Gasteiger partial charge in [0.1, 0.15) is 5.82 Å². The summed E-state index contributed by atoms with van der Waals surface area (Å²) in [4.78, 5) is 12.0. The van der Waals surface area contributed by atoms with Crippen molar-refractivity contribution < 1.29 is 17.6 Å². The molecule has 0 atom stereocenters. The van der Waals surface area contributed by atoms with Crippen LogP contribution in [0, 0.1) is 5.82 Å². The monoisotopic (exact) mass is 383 g/mol. The van der Waals surface area contributed by atoms with E-state index >= 15 is 0 Å². The van der Waals surface area contributed by atoms with Gasteiger partial charge in [0, 0.05) is 17.4 Å². The molecule has 1 amide bonds. The summed E-state index contributed by atoms with van der Waals surface area (Å²) in [5, 5.41) is 1.59. The smallest absolute Gasteiger partial charge is 0.249 e. The lowest BCUT2D eigenvalue weighted by atomic mass is 9.91. The first-order chi connectivity index (χ1) is 12.8. The number of fused-ring (bicyclic) bond motifs is 1. The molecule has 1 saturated carbocycles. The Kier molecular flexibility index (Phi) is 4.03. The van der Waals surface area contributed by atoms with Crippen molar-refractivity contribution in [2.75, 3.05) is 6.26 Å². The van der Waals surface area contributed by atoms with E-state index in [2.05, 4.69) is 0 Å². The van der Waals surface area contributed by atoms with Gasteiger partial charge in [-0.3, -0.25) is 4.79 Å². The number of nitrogens with two attached hydrogens (primary N) is 1. The maximum Gasteiger partial charge on any atom is 0.249 e. The van der Waals surface area contributed by atoms with Crippen LogP contribution >= 0.6 is 0 Å². The molecule has 0 unspecified atom stereocenters. The van der Waals surface area contributed by atoms with Gasteiger partial charge in [-0.25, -0.2) is 12.8 Å². The molecule has 0 heterocycles. The van der Waals surface area contributed by atoms with E-state index in [-0.39, 0.29) is 16.0 Å². The number of carbonyl (C=O) groups excluding carboxylic acids is 1. The van der Waals surface area contributed by atoms with Crippen molar-refractivity contribution in [3.63, 3.8) is 0 Å². The second-order valence-corrected chi connectivity index (χ2v) is 8.97. The molecule has 27 heavy (non-hydrogen) atoms. The molecule has 0 bridgehead atoms. The number of sulfone groups is 1. The third-order valence-corrected chi connectivity index (χ3v) is 6.13. The van der Waals surface area contributed by atoms with Crippen LogP contribution in [0.15, 0.2) is 53.4 Å². The quantitative estimate of drug-likeness (QED) is 0.739. The van der Waals surface area contributed by atoms with Crippen molar-refractivity contribution >= 4 is 26.5 Å². The number of hydrogen-bond donors (Lipinski definition) is 1. The van der Waals surface area contributed by atoms with Crippen LogP contribution in [0.5, 0.6) is 0 Å². The summed E-state index contributed by atoms with van der Waals surface area (Å²) in [6.45, 7) is 0. The Balaban J connectivity index is 2.17. The number of rotatable bonds is 4. The molecule has 1 fully saturated rings. The van der Waals surface area contributed by atoms with Gasteiger partial charge in [-0.05, 0) is 64.9 Å². The van der Waals surface area contributed by atoms with Crippen LogP contribution in [0.2, 0.25) is 0 Å². The molecule has 1 aliphatic rings. The van der Waals surface area contributed by atoms with Crippen LogP contribution in [0.25, 0.3) is 21.9 Å². The SMILES string of the molecule is CS(=O)(=O)c1ccc2c(C3CC3)cccc2c1-c1cc(F)ccc1C(N)=O.